The first kappa shape index (κ1) is 22.2. The molecule has 0 radical (unpaired) electrons. The smallest absolute Gasteiger partial charge is 0.204 e. The summed E-state index contributed by atoms with van der Waals surface area (Å²) in [6.07, 6.45) is 7.10. The highest BCUT2D eigenvalue weighted by Crippen LogP contribution is 2.63. The van der Waals surface area contributed by atoms with E-state index in [1.807, 2.05) is 24.3 Å². The maximum absolute atomic E-state index is 9.36. The molecule has 34 heavy (non-hydrogen) atoms. The van der Waals surface area contributed by atoms with Gasteiger partial charge in [0, 0.05) is 12.6 Å². The van der Waals surface area contributed by atoms with Gasteiger partial charge in [0.25, 0.3) is 0 Å². The second kappa shape index (κ2) is 8.75. The molecule has 1 aliphatic heterocycles. The second-order valence-electron chi connectivity index (χ2n) is 10.4. The van der Waals surface area contributed by atoms with Gasteiger partial charge in [-0.05, 0) is 98.7 Å². The summed E-state index contributed by atoms with van der Waals surface area (Å²) in [7, 11) is 0. The number of nitrogens with zero attached hydrogens (tertiary/aromatic N) is 3. The van der Waals surface area contributed by atoms with Crippen molar-refractivity contribution in [1.82, 2.24) is 15.3 Å². The summed E-state index contributed by atoms with van der Waals surface area (Å²) in [4.78, 5) is 11.1. The summed E-state index contributed by atoms with van der Waals surface area (Å²) in [5.41, 5.74) is 4.19. The van der Waals surface area contributed by atoms with Crippen molar-refractivity contribution in [2.45, 2.75) is 50.0 Å². The van der Waals surface area contributed by atoms with Crippen molar-refractivity contribution >= 4 is 40.2 Å². The molecule has 1 unspecified atom stereocenters. The zero-order chi connectivity index (χ0) is 23.3. The molecule has 5 nitrogen and oxygen atoms in total. The lowest BCUT2D eigenvalue weighted by atomic mass is 9.79. The molecule has 1 saturated heterocycles. The molecule has 1 aromatic heterocycles. The van der Waals surface area contributed by atoms with Crippen LogP contribution in [-0.4, -0.2) is 35.6 Å². The van der Waals surface area contributed by atoms with Crippen molar-refractivity contribution in [2.75, 3.05) is 24.5 Å². The molecule has 2 N–H and O–H groups in total. The van der Waals surface area contributed by atoms with Crippen LogP contribution in [0.1, 0.15) is 49.7 Å². The predicted octanol–water partition coefficient (Wildman–Crippen LogP) is 6.06. The lowest BCUT2D eigenvalue weighted by molar-refractivity contribution is 0.322. The van der Waals surface area contributed by atoms with E-state index in [4.69, 9.17) is 28.2 Å². The maximum Gasteiger partial charge on any atom is 0.204 e. The van der Waals surface area contributed by atoms with Crippen LogP contribution in [0.2, 0.25) is 10.0 Å². The Morgan fingerprint density at radius 1 is 1.12 bits per heavy atom. The van der Waals surface area contributed by atoms with Crippen LogP contribution in [0.4, 0.5) is 5.95 Å². The number of nitriles is 1. The van der Waals surface area contributed by atoms with Crippen molar-refractivity contribution in [3.63, 3.8) is 0 Å². The fourth-order valence-corrected chi connectivity index (χ4v) is 6.75. The molecule has 3 atom stereocenters. The topological polar surface area (TPSA) is 67.7 Å². The zero-order valence-corrected chi connectivity index (χ0v) is 20.7. The molecule has 2 aliphatic carbocycles. The van der Waals surface area contributed by atoms with E-state index in [9.17, 15) is 5.26 Å². The van der Waals surface area contributed by atoms with Gasteiger partial charge in [0.15, 0.2) is 0 Å². The molecular formula is C27H29Cl2N5. The highest BCUT2D eigenvalue weighted by atomic mass is 35.5. The summed E-state index contributed by atoms with van der Waals surface area (Å²) in [5, 5.41) is 13.9. The Morgan fingerprint density at radius 2 is 1.94 bits per heavy atom. The second-order valence-corrected chi connectivity index (χ2v) is 11.2. The van der Waals surface area contributed by atoms with Gasteiger partial charge >= 0.3 is 0 Å². The molecule has 0 amide bonds. The summed E-state index contributed by atoms with van der Waals surface area (Å²) in [6, 6.07) is 14.8. The van der Waals surface area contributed by atoms with E-state index in [1.54, 1.807) is 0 Å². The van der Waals surface area contributed by atoms with Crippen molar-refractivity contribution in [1.29, 1.82) is 5.26 Å². The number of nitrogens with one attached hydrogen (secondary N) is 2. The van der Waals surface area contributed by atoms with E-state index in [0.29, 0.717) is 27.9 Å². The number of anilines is 1. The first-order valence-electron chi connectivity index (χ1n) is 12.4. The number of H-pyrrole nitrogens is 1. The quantitative estimate of drug-likeness (QED) is 0.453. The summed E-state index contributed by atoms with van der Waals surface area (Å²) in [5.74, 6) is 2.28. The van der Waals surface area contributed by atoms with E-state index in [2.05, 4.69) is 33.4 Å². The molecule has 7 heteroatoms. The van der Waals surface area contributed by atoms with Crippen molar-refractivity contribution < 1.29 is 0 Å². The molecule has 3 aromatic rings. The van der Waals surface area contributed by atoms with Crippen molar-refractivity contribution in [3.8, 4) is 6.07 Å². The minimum Gasteiger partial charge on any atom is -0.339 e. The van der Waals surface area contributed by atoms with Crippen LogP contribution >= 0.6 is 23.2 Å². The van der Waals surface area contributed by atoms with E-state index in [0.717, 1.165) is 55.0 Å². The van der Waals surface area contributed by atoms with Crippen LogP contribution in [0.15, 0.2) is 36.4 Å². The van der Waals surface area contributed by atoms with Gasteiger partial charge in [-0.3, -0.25) is 0 Å². The average molecular weight is 494 g/mol. The Kier molecular flexibility index (Phi) is 5.72. The number of halogens is 2. The SMILES string of the molecule is N#Cc1cccc([C@]23CC[C@@H](N(CC4CCNCC4)c4nc5cc(Cl)c(Cl)cc5[nH]4)CC2C3)c1. The molecule has 2 aromatic carbocycles. The number of fused-ring (bicyclic) bond motifs is 2. The monoisotopic (exact) mass is 493 g/mol. The fraction of sp³-hybridized carbons (Fsp3) is 0.481. The van der Waals surface area contributed by atoms with E-state index in [-0.39, 0.29) is 5.41 Å². The normalized spacial score (nSPS) is 26.7. The molecule has 0 bridgehead atoms. The molecule has 2 heterocycles. The van der Waals surface area contributed by atoms with Gasteiger partial charge in [0.2, 0.25) is 5.95 Å². The number of piperidine rings is 1. The number of aromatic nitrogens is 2. The first-order chi connectivity index (χ1) is 16.6. The third-order valence-electron chi connectivity index (χ3n) is 8.42. The molecular weight excluding hydrogens is 465 g/mol. The van der Waals surface area contributed by atoms with E-state index < -0.39 is 0 Å². The molecule has 3 aliphatic rings. The minimum atomic E-state index is 0.263. The number of benzene rings is 2. The minimum absolute atomic E-state index is 0.263. The van der Waals surface area contributed by atoms with Crippen LogP contribution in [0.5, 0.6) is 0 Å². The van der Waals surface area contributed by atoms with Gasteiger partial charge in [-0.2, -0.15) is 5.26 Å². The van der Waals surface area contributed by atoms with Crippen LogP contribution in [0.3, 0.4) is 0 Å². The van der Waals surface area contributed by atoms with Crippen LogP contribution in [0.25, 0.3) is 11.0 Å². The van der Waals surface area contributed by atoms with E-state index >= 15 is 0 Å². The first-order valence-corrected chi connectivity index (χ1v) is 13.1. The lowest BCUT2D eigenvalue weighted by Gasteiger charge is -2.39. The van der Waals surface area contributed by atoms with Crippen LogP contribution < -0.4 is 10.2 Å². The third kappa shape index (κ3) is 3.96. The highest BCUT2D eigenvalue weighted by Gasteiger charge is 2.58. The van der Waals surface area contributed by atoms with Gasteiger partial charge in [0.1, 0.15) is 0 Å². The standard InChI is InChI=1S/C27H29Cl2N5/c28-22-12-24-25(13-23(22)29)33-26(32-24)34(16-17-5-8-31-9-6-17)21-4-7-27(14-20(27)11-21)19-3-1-2-18(10-19)15-30/h1-3,10,12-13,17,20-21,31H,4-9,11,14,16H2,(H,32,33)/t20?,21-,27-/m1/s1. The van der Waals surface area contributed by atoms with E-state index in [1.165, 1.54) is 31.2 Å². The maximum atomic E-state index is 9.36. The predicted molar refractivity (Wildman–Crippen MR) is 138 cm³/mol. The third-order valence-corrected chi connectivity index (χ3v) is 9.14. The lowest BCUT2D eigenvalue weighted by Crippen LogP contribution is -2.44. The summed E-state index contributed by atoms with van der Waals surface area (Å²) < 4.78 is 0. The molecule has 176 valence electrons. The van der Waals surface area contributed by atoms with Gasteiger partial charge in [-0.1, -0.05) is 35.3 Å². The number of hydrogen-bond acceptors (Lipinski definition) is 4. The van der Waals surface area contributed by atoms with Gasteiger partial charge in [-0.25, -0.2) is 4.98 Å². The summed E-state index contributed by atoms with van der Waals surface area (Å²) >= 11 is 12.6. The average Bonchev–Trinajstić information content (AvgIpc) is 3.48. The Hall–Kier alpha value is -2.26. The van der Waals surface area contributed by atoms with Crippen molar-refractivity contribution in [2.24, 2.45) is 11.8 Å². The van der Waals surface area contributed by atoms with Crippen molar-refractivity contribution in [3.05, 3.63) is 57.6 Å². The Balaban J connectivity index is 1.27. The number of hydrogen-bond donors (Lipinski definition) is 2. The van der Waals surface area contributed by atoms with Crippen LogP contribution in [0, 0.1) is 23.2 Å². The fourth-order valence-electron chi connectivity index (χ4n) is 6.42. The Labute approximate surface area is 210 Å². The Morgan fingerprint density at radius 3 is 2.74 bits per heavy atom. The molecule has 6 rings (SSSR count). The van der Waals surface area contributed by atoms with Gasteiger partial charge in [-0.15, -0.1) is 0 Å². The number of rotatable bonds is 5. The number of imidazole rings is 1. The zero-order valence-electron chi connectivity index (χ0n) is 19.2. The Bertz CT molecular complexity index is 1220. The number of aromatic amines is 1. The molecule has 2 saturated carbocycles. The molecule has 0 spiro atoms. The van der Waals surface area contributed by atoms with Gasteiger partial charge < -0.3 is 15.2 Å². The van der Waals surface area contributed by atoms with Crippen LogP contribution in [-0.2, 0) is 5.41 Å². The highest BCUT2D eigenvalue weighted by molar-refractivity contribution is 6.42. The van der Waals surface area contributed by atoms with Gasteiger partial charge in [0.05, 0.1) is 32.7 Å². The molecule has 3 fully saturated rings. The summed E-state index contributed by atoms with van der Waals surface area (Å²) in [6.45, 7) is 3.21. The largest absolute Gasteiger partial charge is 0.339 e.